The number of nitrogens with one attached hydrogen (secondary N) is 1. The number of anilines is 2. The van der Waals surface area contributed by atoms with Gasteiger partial charge in [0.15, 0.2) is 0 Å². The molecule has 3 N–H and O–H groups in total. The molecule has 0 bridgehead atoms. The van der Waals surface area contributed by atoms with E-state index in [1.165, 1.54) is 0 Å². The van der Waals surface area contributed by atoms with E-state index in [9.17, 15) is 4.79 Å². The van der Waals surface area contributed by atoms with E-state index < -0.39 is 0 Å². The van der Waals surface area contributed by atoms with Crippen LogP contribution in [0, 0.1) is 6.92 Å². The first-order valence-corrected chi connectivity index (χ1v) is 9.81. The van der Waals surface area contributed by atoms with Crippen LogP contribution in [-0.4, -0.2) is 26.7 Å². The summed E-state index contributed by atoms with van der Waals surface area (Å²) < 4.78 is 5.35. The molecule has 30 heavy (non-hydrogen) atoms. The zero-order chi connectivity index (χ0) is 20.7. The third-order valence-corrected chi connectivity index (χ3v) is 5.20. The Balaban J connectivity index is 1.30. The standard InChI is InChI=1S/C22H20N6O2/c1-12-5-6-14(20-27-22(30-28-20)13-7-8-13)9-17(12)26-21(29)15-10-18(24-11-15)16-3-2-4-19(23)25-16/h2-6,9,11,13H,7-8,10H2,1H3,(H2,23,25)(H,26,29). The zero-order valence-corrected chi connectivity index (χ0v) is 16.4. The zero-order valence-electron chi connectivity index (χ0n) is 16.4. The van der Waals surface area contributed by atoms with Crippen molar-refractivity contribution >= 4 is 23.1 Å². The number of nitrogen functional groups attached to an aromatic ring is 1. The number of hydrogen-bond acceptors (Lipinski definition) is 7. The number of carbonyl (C=O) groups is 1. The molecule has 3 aromatic rings. The molecule has 2 aliphatic rings. The van der Waals surface area contributed by atoms with Crippen LogP contribution in [0.4, 0.5) is 11.5 Å². The summed E-state index contributed by atoms with van der Waals surface area (Å²) in [6, 6.07) is 11.1. The Hall–Kier alpha value is -3.81. The molecule has 0 spiro atoms. The number of hydrogen-bond donors (Lipinski definition) is 2. The molecule has 2 aromatic heterocycles. The number of rotatable bonds is 5. The Labute approximate surface area is 172 Å². The van der Waals surface area contributed by atoms with Gasteiger partial charge in [0.2, 0.25) is 11.7 Å². The minimum absolute atomic E-state index is 0.204. The summed E-state index contributed by atoms with van der Waals surface area (Å²) in [6.45, 7) is 1.94. The maximum Gasteiger partial charge on any atom is 0.253 e. The third kappa shape index (κ3) is 3.59. The van der Waals surface area contributed by atoms with Crippen molar-refractivity contribution in [1.29, 1.82) is 0 Å². The number of aromatic nitrogens is 3. The second-order valence-corrected chi connectivity index (χ2v) is 7.57. The van der Waals surface area contributed by atoms with Gasteiger partial charge in [-0.15, -0.1) is 0 Å². The normalized spacial score (nSPS) is 15.6. The molecule has 0 saturated heterocycles. The van der Waals surface area contributed by atoms with Crippen LogP contribution in [0.15, 0.2) is 57.7 Å². The fraction of sp³-hybridized carbons (Fsp3) is 0.227. The minimum atomic E-state index is -0.204. The van der Waals surface area contributed by atoms with Crippen molar-refractivity contribution in [3.63, 3.8) is 0 Å². The molecule has 8 heteroatoms. The lowest BCUT2D eigenvalue weighted by molar-refractivity contribution is -0.112. The largest absolute Gasteiger partial charge is 0.384 e. The quantitative estimate of drug-likeness (QED) is 0.675. The van der Waals surface area contributed by atoms with E-state index in [0.717, 1.165) is 29.7 Å². The molecule has 0 radical (unpaired) electrons. The molecule has 1 fully saturated rings. The SMILES string of the molecule is Cc1ccc(-c2noc(C3CC3)n2)cc1NC(=O)C1=CN=C(c2cccc(N)n2)C1. The van der Waals surface area contributed by atoms with E-state index in [4.69, 9.17) is 10.3 Å². The first-order valence-electron chi connectivity index (χ1n) is 9.81. The molecule has 5 rings (SSSR count). The summed E-state index contributed by atoms with van der Waals surface area (Å²) >= 11 is 0. The minimum Gasteiger partial charge on any atom is -0.384 e. The molecule has 1 aliphatic carbocycles. The highest BCUT2D eigenvalue weighted by atomic mass is 16.5. The highest BCUT2D eigenvalue weighted by molar-refractivity contribution is 6.13. The third-order valence-electron chi connectivity index (χ3n) is 5.20. The van der Waals surface area contributed by atoms with Gasteiger partial charge in [0.05, 0.1) is 11.4 Å². The van der Waals surface area contributed by atoms with E-state index >= 15 is 0 Å². The highest BCUT2D eigenvalue weighted by Crippen LogP contribution is 2.39. The van der Waals surface area contributed by atoms with Crippen LogP contribution in [0.2, 0.25) is 0 Å². The van der Waals surface area contributed by atoms with E-state index in [-0.39, 0.29) is 5.91 Å². The molecule has 8 nitrogen and oxygen atoms in total. The van der Waals surface area contributed by atoms with Gasteiger partial charge in [0, 0.05) is 35.4 Å². The Bertz CT molecular complexity index is 1210. The Morgan fingerprint density at radius 2 is 2.07 bits per heavy atom. The van der Waals surface area contributed by atoms with Crippen molar-refractivity contribution in [3.05, 3.63) is 65.3 Å². The molecular formula is C22H20N6O2. The monoisotopic (exact) mass is 400 g/mol. The topological polar surface area (TPSA) is 119 Å². The number of benzene rings is 1. The second-order valence-electron chi connectivity index (χ2n) is 7.57. The average molecular weight is 400 g/mol. The predicted molar refractivity (Wildman–Crippen MR) is 113 cm³/mol. The van der Waals surface area contributed by atoms with Crippen LogP contribution in [0.3, 0.4) is 0 Å². The maximum absolute atomic E-state index is 12.8. The van der Waals surface area contributed by atoms with Gasteiger partial charge in [0.1, 0.15) is 5.82 Å². The Kier molecular flexibility index (Phi) is 4.39. The fourth-order valence-corrected chi connectivity index (χ4v) is 3.28. The van der Waals surface area contributed by atoms with E-state index in [1.54, 1.807) is 12.3 Å². The van der Waals surface area contributed by atoms with Crippen molar-refractivity contribution in [3.8, 4) is 11.4 Å². The first kappa shape index (κ1) is 18.2. The molecule has 1 aromatic carbocycles. The van der Waals surface area contributed by atoms with Crippen molar-refractivity contribution in [1.82, 2.24) is 15.1 Å². The lowest BCUT2D eigenvalue weighted by Gasteiger charge is -2.10. The van der Waals surface area contributed by atoms with Gasteiger partial charge in [-0.1, -0.05) is 23.4 Å². The number of aliphatic imine (C=N–C) groups is 1. The Morgan fingerprint density at radius 1 is 1.20 bits per heavy atom. The molecular weight excluding hydrogens is 380 g/mol. The van der Waals surface area contributed by atoms with Gasteiger partial charge in [-0.25, -0.2) is 4.98 Å². The number of pyridine rings is 1. The molecule has 0 atom stereocenters. The van der Waals surface area contributed by atoms with Crippen molar-refractivity contribution in [2.75, 3.05) is 11.1 Å². The van der Waals surface area contributed by atoms with Crippen molar-refractivity contribution in [2.24, 2.45) is 4.99 Å². The van der Waals surface area contributed by atoms with E-state index in [2.05, 4.69) is 25.4 Å². The predicted octanol–water partition coefficient (Wildman–Crippen LogP) is 3.62. The molecule has 1 saturated carbocycles. The summed E-state index contributed by atoms with van der Waals surface area (Å²) in [5.41, 5.74) is 10.1. The lowest BCUT2D eigenvalue weighted by atomic mass is 10.1. The summed E-state index contributed by atoms with van der Waals surface area (Å²) in [4.78, 5) is 25.9. The van der Waals surface area contributed by atoms with Gasteiger partial charge in [-0.05, 0) is 43.5 Å². The van der Waals surface area contributed by atoms with E-state index in [0.29, 0.717) is 46.8 Å². The Morgan fingerprint density at radius 3 is 2.87 bits per heavy atom. The van der Waals surface area contributed by atoms with Crippen LogP contribution in [0.5, 0.6) is 0 Å². The number of amides is 1. The molecule has 150 valence electrons. The smallest absolute Gasteiger partial charge is 0.253 e. The van der Waals surface area contributed by atoms with Gasteiger partial charge in [-0.3, -0.25) is 9.79 Å². The lowest BCUT2D eigenvalue weighted by Crippen LogP contribution is -2.16. The van der Waals surface area contributed by atoms with Crippen molar-refractivity contribution in [2.45, 2.75) is 32.1 Å². The highest BCUT2D eigenvalue weighted by Gasteiger charge is 2.30. The van der Waals surface area contributed by atoms with Gasteiger partial charge in [0.25, 0.3) is 5.91 Å². The van der Waals surface area contributed by atoms with Crippen molar-refractivity contribution < 1.29 is 9.32 Å². The summed E-state index contributed by atoms with van der Waals surface area (Å²) in [5, 5.41) is 7.06. The summed E-state index contributed by atoms with van der Waals surface area (Å²) in [6.07, 6.45) is 4.18. The van der Waals surface area contributed by atoms with Gasteiger partial charge >= 0.3 is 0 Å². The van der Waals surface area contributed by atoms with Crippen LogP contribution < -0.4 is 11.1 Å². The van der Waals surface area contributed by atoms with Gasteiger partial charge < -0.3 is 15.6 Å². The fourth-order valence-electron chi connectivity index (χ4n) is 3.28. The number of nitrogens with zero attached hydrogens (tertiary/aromatic N) is 4. The number of aryl methyl sites for hydroxylation is 1. The van der Waals surface area contributed by atoms with Crippen LogP contribution in [0.1, 0.15) is 42.3 Å². The van der Waals surface area contributed by atoms with Crippen LogP contribution in [0.25, 0.3) is 11.4 Å². The van der Waals surface area contributed by atoms with E-state index in [1.807, 2.05) is 37.3 Å². The van der Waals surface area contributed by atoms with Crippen LogP contribution in [-0.2, 0) is 4.79 Å². The number of nitrogens with two attached hydrogens (primary N) is 1. The molecule has 3 heterocycles. The molecule has 0 unspecified atom stereocenters. The molecule has 1 amide bonds. The maximum atomic E-state index is 12.8. The average Bonchev–Trinajstić information content (AvgIpc) is 3.26. The first-order chi connectivity index (χ1) is 14.6. The molecule has 1 aliphatic heterocycles. The van der Waals surface area contributed by atoms with Crippen LogP contribution >= 0.6 is 0 Å². The summed E-state index contributed by atoms with van der Waals surface area (Å²) in [7, 11) is 0. The number of carbonyl (C=O) groups excluding carboxylic acids is 1. The van der Waals surface area contributed by atoms with Gasteiger partial charge in [-0.2, -0.15) is 4.98 Å². The second kappa shape index (κ2) is 7.22. The summed E-state index contributed by atoms with van der Waals surface area (Å²) in [5.74, 6) is 1.84.